The summed E-state index contributed by atoms with van der Waals surface area (Å²) in [4.78, 5) is 25.6. The van der Waals surface area contributed by atoms with Crippen LogP contribution in [0.3, 0.4) is 0 Å². The van der Waals surface area contributed by atoms with Crippen molar-refractivity contribution < 1.29 is 19.8 Å². The summed E-state index contributed by atoms with van der Waals surface area (Å²) < 4.78 is 0. The van der Waals surface area contributed by atoms with Crippen molar-refractivity contribution in [2.45, 2.75) is 27.7 Å². The molecule has 0 unspecified atom stereocenters. The van der Waals surface area contributed by atoms with Gasteiger partial charge in [-0.2, -0.15) is 0 Å². The summed E-state index contributed by atoms with van der Waals surface area (Å²) >= 11 is 24.1. The molecule has 48 heavy (non-hydrogen) atoms. The molecule has 14 heteroatoms. The van der Waals surface area contributed by atoms with Crippen LogP contribution in [0.25, 0.3) is 11.1 Å². The molecule has 0 heterocycles. The van der Waals surface area contributed by atoms with Crippen LogP contribution in [0.5, 0.6) is 0 Å². The van der Waals surface area contributed by atoms with Crippen molar-refractivity contribution in [2.24, 2.45) is 20.5 Å². The molecule has 0 saturated heterocycles. The van der Waals surface area contributed by atoms with Gasteiger partial charge in [0.2, 0.25) is 0 Å². The number of hydrogen-bond donors (Lipinski definition) is 4. The number of nitrogens with one attached hydrogen (secondary N) is 2. The number of benzene rings is 4. The zero-order chi connectivity index (χ0) is 35.1. The Bertz CT molecular complexity index is 1890. The van der Waals surface area contributed by atoms with E-state index in [-0.39, 0.29) is 33.0 Å². The fourth-order valence-corrected chi connectivity index (χ4v) is 5.12. The van der Waals surface area contributed by atoms with E-state index >= 15 is 0 Å². The van der Waals surface area contributed by atoms with Gasteiger partial charge in [0.15, 0.2) is 11.4 Å². The van der Waals surface area contributed by atoms with E-state index in [1.807, 2.05) is 38.1 Å². The first-order valence-corrected chi connectivity index (χ1v) is 15.6. The molecule has 0 fully saturated rings. The van der Waals surface area contributed by atoms with E-state index in [1.54, 1.807) is 24.3 Å². The molecule has 2 amide bonds. The third-order valence-corrected chi connectivity index (χ3v) is 7.81. The van der Waals surface area contributed by atoms with Gasteiger partial charge in [0, 0.05) is 10.0 Å². The number of hydrogen-bond acceptors (Lipinski definition) is 8. The summed E-state index contributed by atoms with van der Waals surface area (Å²) in [6.07, 6.45) is 0. The third kappa shape index (κ3) is 9.20. The van der Waals surface area contributed by atoms with Crippen molar-refractivity contribution in [3.05, 3.63) is 127 Å². The fraction of sp³-hybridized carbons (Fsp3) is 0.118. The normalized spacial score (nSPS) is 12.6. The number of aliphatic hydroxyl groups excluding tert-OH is 2. The van der Waals surface area contributed by atoms with Gasteiger partial charge in [-0.1, -0.05) is 58.5 Å². The van der Waals surface area contributed by atoms with Gasteiger partial charge in [-0.25, -0.2) is 0 Å². The number of amides is 2. The quantitative estimate of drug-likeness (QED) is 0.0771. The van der Waals surface area contributed by atoms with E-state index in [0.29, 0.717) is 32.8 Å². The Morgan fingerprint density at radius 2 is 0.958 bits per heavy atom. The van der Waals surface area contributed by atoms with E-state index in [4.69, 9.17) is 46.4 Å². The van der Waals surface area contributed by atoms with Crippen molar-refractivity contribution in [3.63, 3.8) is 0 Å². The highest BCUT2D eigenvalue weighted by Gasteiger charge is 2.17. The van der Waals surface area contributed by atoms with E-state index < -0.39 is 11.8 Å². The lowest BCUT2D eigenvalue weighted by Gasteiger charge is -2.09. The van der Waals surface area contributed by atoms with Crippen LogP contribution < -0.4 is 10.6 Å². The molecule has 4 rings (SSSR count). The van der Waals surface area contributed by atoms with Crippen LogP contribution in [-0.4, -0.2) is 22.0 Å². The van der Waals surface area contributed by atoms with Crippen LogP contribution in [0, 0.1) is 13.8 Å². The van der Waals surface area contributed by atoms with Crippen LogP contribution in [-0.2, 0) is 9.59 Å². The molecule has 0 aliphatic carbocycles. The van der Waals surface area contributed by atoms with E-state index in [2.05, 4.69) is 31.1 Å². The standard InChI is InChI=1S/C34H28Cl4N6O4/c1-17-13-21(5-9-27(17)41-43-31(19(3)45)33(47)39-29-11-7-23(35)15-25(29)37)22-6-10-28(18(2)14-22)42-44-32(20(4)46)34(48)40-30-12-8-24(36)16-26(30)38/h5-16,45-46H,1-4H3,(H,39,47)(H,40,48)/b31-19+,32-20+,43-41?,44-42?. The molecule has 0 aliphatic rings. The molecule has 4 N–H and O–H groups in total. The fourth-order valence-electron chi connectivity index (χ4n) is 4.21. The van der Waals surface area contributed by atoms with Gasteiger partial charge < -0.3 is 20.8 Å². The minimum absolute atomic E-state index is 0.228. The second-order valence-corrected chi connectivity index (χ2v) is 12.1. The zero-order valence-corrected chi connectivity index (χ0v) is 29.0. The Hall–Kier alpha value is -4.74. The number of rotatable bonds is 9. The third-order valence-electron chi connectivity index (χ3n) is 6.72. The van der Waals surface area contributed by atoms with Gasteiger partial charge in [-0.05, 0) is 111 Å². The molecule has 0 bridgehead atoms. The first-order chi connectivity index (χ1) is 22.7. The minimum Gasteiger partial charge on any atom is -0.510 e. The van der Waals surface area contributed by atoms with E-state index in [9.17, 15) is 19.8 Å². The molecule has 4 aromatic rings. The Balaban J connectivity index is 1.49. The number of aliphatic hydroxyl groups is 2. The van der Waals surface area contributed by atoms with Gasteiger partial charge in [0.1, 0.15) is 11.5 Å². The number of aryl methyl sites for hydroxylation is 2. The van der Waals surface area contributed by atoms with Gasteiger partial charge in [0.25, 0.3) is 11.8 Å². The second-order valence-electron chi connectivity index (χ2n) is 10.4. The average Bonchev–Trinajstić information content (AvgIpc) is 3.01. The predicted molar refractivity (Wildman–Crippen MR) is 191 cm³/mol. The van der Waals surface area contributed by atoms with Gasteiger partial charge in [-0.15, -0.1) is 20.5 Å². The van der Waals surface area contributed by atoms with Crippen LogP contribution >= 0.6 is 46.4 Å². The monoisotopic (exact) mass is 724 g/mol. The van der Waals surface area contributed by atoms with E-state index in [1.165, 1.54) is 38.1 Å². The van der Waals surface area contributed by atoms with Crippen molar-refractivity contribution in [1.82, 2.24) is 0 Å². The first-order valence-electron chi connectivity index (χ1n) is 14.1. The molecule has 0 atom stereocenters. The Morgan fingerprint density at radius 1 is 0.583 bits per heavy atom. The summed E-state index contributed by atoms with van der Waals surface area (Å²) in [6.45, 7) is 6.33. The van der Waals surface area contributed by atoms with Crippen molar-refractivity contribution in [1.29, 1.82) is 0 Å². The predicted octanol–water partition coefficient (Wildman–Crippen LogP) is 11.6. The van der Waals surface area contributed by atoms with Crippen LogP contribution in [0.2, 0.25) is 20.1 Å². The number of anilines is 2. The summed E-state index contributed by atoms with van der Waals surface area (Å²) in [7, 11) is 0. The lowest BCUT2D eigenvalue weighted by atomic mass is 10.0. The number of nitrogens with zero attached hydrogens (tertiary/aromatic N) is 4. The summed E-state index contributed by atoms with van der Waals surface area (Å²) in [5.74, 6) is -2.06. The number of carbonyl (C=O) groups is 2. The number of halogens is 4. The summed E-state index contributed by atoms with van der Waals surface area (Å²) in [5, 5.41) is 43.1. The van der Waals surface area contributed by atoms with Gasteiger partial charge >= 0.3 is 0 Å². The highest BCUT2D eigenvalue weighted by atomic mass is 35.5. The first kappa shape index (κ1) is 36.1. The molecular weight excluding hydrogens is 698 g/mol. The maximum Gasteiger partial charge on any atom is 0.279 e. The minimum atomic E-state index is -0.701. The molecule has 0 spiro atoms. The van der Waals surface area contributed by atoms with Crippen LogP contribution in [0.15, 0.2) is 116 Å². The molecule has 4 aromatic carbocycles. The van der Waals surface area contributed by atoms with Crippen LogP contribution in [0.4, 0.5) is 22.7 Å². The van der Waals surface area contributed by atoms with Gasteiger partial charge in [-0.3, -0.25) is 9.59 Å². The molecule has 10 nitrogen and oxygen atoms in total. The second kappa shape index (κ2) is 15.9. The molecule has 0 saturated carbocycles. The SMILES string of the molecule is C/C(O)=C(\N=Nc1ccc(-c2ccc(N=N/C(C(=O)Nc3ccc(Cl)cc3Cl)=C(\C)O)c(C)c2)cc1C)C(=O)Nc1ccc(Cl)cc1Cl. The van der Waals surface area contributed by atoms with Crippen molar-refractivity contribution >= 4 is 81.0 Å². The zero-order valence-electron chi connectivity index (χ0n) is 25.9. The molecule has 246 valence electrons. The molecule has 0 aliphatic heterocycles. The van der Waals surface area contributed by atoms with Crippen molar-refractivity contribution in [2.75, 3.05) is 10.6 Å². The summed E-state index contributed by atoms with van der Waals surface area (Å²) in [6, 6.07) is 20.1. The number of carbonyl (C=O) groups excluding carboxylic acids is 2. The van der Waals surface area contributed by atoms with E-state index in [0.717, 1.165) is 22.3 Å². The molecular formula is C34H28Cl4N6O4. The lowest BCUT2D eigenvalue weighted by Crippen LogP contribution is -2.14. The van der Waals surface area contributed by atoms with Gasteiger partial charge in [0.05, 0.1) is 32.8 Å². The highest BCUT2D eigenvalue weighted by Crippen LogP contribution is 2.32. The smallest absolute Gasteiger partial charge is 0.279 e. The Morgan fingerprint density at radius 3 is 1.27 bits per heavy atom. The lowest BCUT2D eigenvalue weighted by molar-refractivity contribution is -0.113. The molecule has 0 aromatic heterocycles. The number of allylic oxidation sites excluding steroid dienone is 2. The Labute approximate surface area is 296 Å². The van der Waals surface area contributed by atoms with Crippen LogP contribution in [0.1, 0.15) is 25.0 Å². The maximum absolute atomic E-state index is 12.8. The number of azo groups is 2. The molecule has 0 radical (unpaired) electrons. The Kier molecular flexibility index (Phi) is 12.0. The maximum atomic E-state index is 12.8. The summed E-state index contributed by atoms with van der Waals surface area (Å²) in [5.41, 5.74) is 4.24. The topological polar surface area (TPSA) is 148 Å². The van der Waals surface area contributed by atoms with Crippen molar-refractivity contribution in [3.8, 4) is 11.1 Å². The largest absolute Gasteiger partial charge is 0.510 e. The highest BCUT2D eigenvalue weighted by molar-refractivity contribution is 6.37. The average molecular weight is 726 g/mol.